The SMILES string of the molecule is Cc1sc(NC(=O)C(C)C)c(C(=O)N2CCC[C@@](O)(CO)CC2)c1C. The minimum atomic E-state index is -1.11. The molecule has 0 radical (unpaired) electrons. The van der Waals surface area contributed by atoms with Gasteiger partial charge in [-0.2, -0.15) is 0 Å². The Morgan fingerprint density at radius 1 is 1.28 bits per heavy atom. The van der Waals surface area contributed by atoms with E-state index in [-0.39, 0.29) is 24.3 Å². The van der Waals surface area contributed by atoms with Gasteiger partial charge >= 0.3 is 0 Å². The van der Waals surface area contributed by atoms with Crippen LogP contribution in [0.5, 0.6) is 0 Å². The molecule has 1 atom stereocenters. The van der Waals surface area contributed by atoms with Gasteiger partial charge < -0.3 is 20.4 Å². The molecule has 2 amide bonds. The minimum Gasteiger partial charge on any atom is -0.393 e. The van der Waals surface area contributed by atoms with Crippen LogP contribution >= 0.6 is 11.3 Å². The molecular formula is C18H28N2O4S. The molecule has 1 aliphatic heterocycles. The van der Waals surface area contributed by atoms with Gasteiger partial charge in [0.2, 0.25) is 5.91 Å². The van der Waals surface area contributed by atoms with E-state index in [9.17, 15) is 19.8 Å². The lowest BCUT2D eigenvalue weighted by atomic mass is 9.96. The normalized spacial score (nSPS) is 21.3. The molecule has 6 nitrogen and oxygen atoms in total. The Morgan fingerprint density at radius 3 is 2.56 bits per heavy atom. The summed E-state index contributed by atoms with van der Waals surface area (Å²) in [6.07, 6.45) is 1.47. The first kappa shape index (κ1) is 19.9. The zero-order valence-corrected chi connectivity index (χ0v) is 16.2. The van der Waals surface area contributed by atoms with Crippen LogP contribution < -0.4 is 5.32 Å². The van der Waals surface area contributed by atoms with Gasteiger partial charge in [0.15, 0.2) is 0 Å². The number of aryl methyl sites for hydroxylation is 1. The highest BCUT2D eigenvalue weighted by Crippen LogP contribution is 2.34. The molecular weight excluding hydrogens is 340 g/mol. The first-order valence-electron chi connectivity index (χ1n) is 8.72. The highest BCUT2D eigenvalue weighted by Gasteiger charge is 2.33. The second kappa shape index (κ2) is 7.85. The van der Waals surface area contributed by atoms with E-state index in [2.05, 4.69) is 5.32 Å². The number of likely N-dealkylation sites (tertiary alicyclic amines) is 1. The zero-order valence-electron chi connectivity index (χ0n) is 15.4. The van der Waals surface area contributed by atoms with Crippen molar-refractivity contribution in [3.05, 3.63) is 16.0 Å². The Bertz CT molecular complexity index is 656. The van der Waals surface area contributed by atoms with E-state index in [1.807, 2.05) is 27.7 Å². The molecule has 0 aliphatic carbocycles. The van der Waals surface area contributed by atoms with Crippen molar-refractivity contribution in [2.45, 2.75) is 52.6 Å². The quantitative estimate of drug-likeness (QED) is 0.761. The molecule has 2 rings (SSSR count). The smallest absolute Gasteiger partial charge is 0.257 e. The highest BCUT2D eigenvalue weighted by atomic mass is 32.1. The predicted molar refractivity (Wildman–Crippen MR) is 99.1 cm³/mol. The first-order chi connectivity index (χ1) is 11.7. The number of carbonyl (C=O) groups is 2. The summed E-state index contributed by atoms with van der Waals surface area (Å²) in [7, 11) is 0. The first-order valence-corrected chi connectivity index (χ1v) is 9.53. The van der Waals surface area contributed by atoms with E-state index in [1.165, 1.54) is 11.3 Å². The number of amides is 2. The predicted octanol–water partition coefficient (Wildman–Crippen LogP) is 2.31. The molecule has 3 N–H and O–H groups in total. The Kier molecular flexibility index (Phi) is 6.24. The number of aliphatic hydroxyl groups is 2. The van der Waals surface area contributed by atoms with Gasteiger partial charge in [0.1, 0.15) is 5.00 Å². The fraction of sp³-hybridized carbons (Fsp3) is 0.667. The molecule has 1 aromatic heterocycles. The van der Waals surface area contributed by atoms with E-state index >= 15 is 0 Å². The van der Waals surface area contributed by atoms with Gasteiger partial charge in [0.25, 0.3) is 5.91 Å². The molecule has 0 saturated carbocycles. The Balaban J connectivity index is 2.25. The van der Waals surface area contributed by atoms with Gasteiger partial charge in [0.05, 0.1) is 17.8 Å². The maximum Gasteiger partial charge on any atom is 0.257 e. The second-order valence-electron chi connectivity index (χ2n) is 7.16. The molecule has 1 aliphatic rings. The molecule has 0 spiro atoms. The number of rotatable bonds is 4. The standard InChI is InChI=1S/C18H28N2O4S/c1-11(2)15(22)19-16-14(12(3)13(4)25-16)17(23)20-8-5-6-18(24,10-21)7-9-20/h11,21,24H,5-10H2,1-4H3,(H,19,22)/t18-/m0/s1. The van der Waals surface area contributed by atoms with Gasteiger partial charge in [-0.3, -0.25) is 9.59 Å². The van der Waals surface area contributed by atoms with Crippen LogP contribution in [0.25, 0.3) is 0 Å². The van der Waals surface area contributed by atoms with Gasteiger partial charge in [-0.05, 0) is 38.7 Å². The Labute approximate surface area is 152 Å². The number of hydrogen-bond donors (Lipinski definition) is 3. The van der Waals surface area contributed by atoms with E-state index in [1.54, 1.807) is 4.90 Å². The van der Waals surface area contributed by atoms with Crippen LogP contribution in [0.15, 0.2) is 0 Å². The fourth-order valence-electron chi connectivity index (χ4n) is 2.93. The van der Waals surface area contributed by atoms with Crippen molar-refractivity contribution in [2.75, 3.05) is 25.0 Å². The number of aliphatic hydroxyl groups excluding tert-OH is 1. The highest BCUT2D eigenvalue weighted by molar-refractivity contribution is 7.16. The molecule has 140 valence electrons. The molecule has 7 heteroatoms. The molecule has 0 aromatic carbocycles. The van der Waals surface area contributed by atoms with Crippen LogP contribution in [0.4, 0.5) is 5.00 Å². The number of hydrogen-bond acceptors (Lipinski definition) is 5. The van der Waals surface area contributed by atoms with Crippen LogP contribution in [0.1, 0.15) is 53.9 Å². The summed E-state index contributed by atoms with van der Waals surface area (Å²) in [6, 6.07) is 0. The minimum absolute atomic E-state index is 0.110. The summed E-state index contributed by atoms with van der Waals surface area (Å²) in [5.41, 5.74) is 0.324. The summed E-state index contributed by atoms with van der Waals surface area (Å²) in [6.45, 7) is 8.10. The average Bonchev–Trinajstić information content (AvgIpc) is 2.73. The lowest BCUT2D eigenvalue weighted by Gasteiger charge is -2.24. The van der Waals surface area contributed by atoms with Crippen molar-refractivity contribution in [3.63, 3.8) is 0 Å². The van der Waals surface area contributed by atoms with Crippen molar-refractivity contribution < 1.29 is 19.8 Å². The Hall–Kier alpha value is -1.44. The number of nitrogens with zero attached hydrogens (tertiary/aromatic N) is 1. The lowest BCUT2D eigenvalue weighted by molar-refractivity contribution is -0.118. The maximum absolute atomic E-state index is 13.1. The molecule has 1 aromatic rings. The summed E-state index contributed by atoms with van der Waals surface area (Å²) >= 11 is 1.42. The Morgan fingerprint density at radius 2 is 1.96 bits per heavy atom. The third-order valence-corrected chi connectivity index (χ3v) is 5.98. The summed E-state index contributed by atoms with van der Waals surface area (Å²) in [5, 5.41) is 23.1. The summed E-state index contributed by atoms with van der Waals surface area (Å²) < 4.78 is 0. The average molecular weight is 368 g/mol. The topological polar surface area (TPSA) is 89.9 Å². The molecule has 0 bridgehead atoms. The zero-order chi connectivity index (χ0) is 18.8. The van der Waals surface area contributed by atoms with Crippen LogP contribution in [0.2, 0.25) is 0 Å². The number of nitrogens with one attached hydrogen (secondary N) is 1. The van der Waals surface area contributed by atoms with E-state index < -0.39 is 5.60 Å². The van der Waals surface area contributed by atoms with Crippen molar-refractivity contribution >= 4 is 28.2 Å². The molecule has 25 heavy (non-hydrogen) atoms. The van der Waals surface area contributed by atoms with Crippen LogP contribution in [0, 0.1) is 19.8 Å². The van der Waals surface area contributed by atoms with Gasteiger partial charge in [-0.25, -0.2) is 0 Å². The molecule has 1 fully saturated rings. The molecule has 2 heterocycles. The van der Waals surface area contributed by atoms with Crippen molar-refractivity contribution in [3.8, 4) is 0 Å². The monoisotopic (exact) mass is 368 g/mol. The third kappa shape index (κ3) is 4.40. The van der Waals surface area contributed by atoms with Crippen LogP contribution in [0.3, 0.4) is 0 Å². The third-order valence-electron chi connectivity index (χ3n) is 4.86. The summed E-state index contributed by atoms with van der Waals surface area (Å²) in [4.78, 5) is 27.9. The lowest BCUT2D eigenvalue weighted by Crippen LogP contribution is -2.36. The number of thiophene rings is 1. The molecule has 1 saturated heterocycles. The van der Waals surface area contributed by atoms with Crippen LogP contribution in [-0.4, -0.2) is 52.2 Å². The second-order valence-corrected chi connectivity index (χ2v) is 8.38. The molecule has 0 unspecified atom stereocenters. The number of anilines is 1. The fourth-order valence-corrected chi connectivity index (χ4v) is 3.98. The van der Waals surface area contributed by atoms with Crippen molar-refractivity contribution in [1.82, 2.24) is 4.90 Å². The largest absolute Gasteiger partial charge is 0.393 e. The van der Waals surface area contributed by atoms with E-state index in [0.717, 1.165) is 10.4 Å². The van der Waals surface area contributed by atoms with E-state index in [0.29, 0.717) is 42.9 Å². The van der Waals surface area contributed by atoms with Crippen molar-refractivity contribution in [1.29, 1.82) is 0 Å². The van der Waals surface area contributed by atoms with Crippen LogP contribution in [-0.2, 0) is 4.79 Å². The van der Waals surface area contributed by atoms with E-state index in [4.69, 9.17) is 0 Å². The van der Waals surface area contributed by atoms with Gasteiger partial charge in [-0.1, -0.05) is 13.8 Å². The number of carbonyl (C=O) groups excluding carboxylic acids is 2. The summed E-state index contributed by atoms with van der Waals surface area (Å²) in [5.74, 6) is -0.396. The van der Waals surface area contributed by atoms with Gasteiger partial charge in [-0.15, -0.1) is 11.3 Å². The maximum atomic E-state index is 13.1. The van der Waals surface area contributed by atoms with Crippen molar-refractivity contribution in [2.24, 2.45) is 5.92 Å². The van der Waals surface area contributed by atoms with Gasteiger partial charge in [0, 0.05) is 23.9 Å².